The van der Waals surface area contributed by atoms with Gasteiger partial charge in [-0.1, -0.05) is 23.2 Å². The van der Waals surface area contributed by atoms with Crippen LogP contribution >= 0.6 is 34.5 Å². The molecule has 0 spiro atoms. The van der Waals surface area contributed by atoms with Crippen LogP contribution in [0, 0.1) is 11.2 Å². The standard InChI is InChI=1S/C15H13Cl2FN2O2S/c1-15(2,14(22)20-12-6-5-11(17)23-12)13(21)19-8-3-4-9(16)10(18)7-8/h3-7H,1-2H3,(H,19,21)(H,20,22). The summed E-state index contributed by atoms with van der Waals surface area (Å²) >= 11 is 12.6. The summed E-state index contributed by atoms with van der Waals surface area (Å²) in [6, 6.07) is 7.16. The Morgan fingerprint density at radius 2 is 1.74 bits per heavy atom. The third-order valence-corrected chi connectivity index (χ3v) is 4.58. The van der Waals surface area contributed by atoms with Crippen molar-refractivity contribution >= 4 is 57.0 Å². The first-order valence-electron chi connectivity index (χ1n) is 6.53. The highest BCUT2D eigenvalue weighted by atomic mass is 35.5. The zero-order chi connectivity index (χ0) is 17.2. The number of benzene rings is 1. The maximum atomic E-state index is 13.4. The highest BCUT2D eigenvalue weighted by Crippen LogP contribution is 2.29. The SMILES string of the molecule is CC(C)(C(=O)Nc1ccc(Cl)c(F)c1)C(=O)Nc1ccc(Cl)s1. The van der Waals surface area contributed by atoms with Gasteiger partial charge in [-0.05, 0) is 44.2 Å². The largest absolute Gasteiger partial charge is 0.325 e. The van der Waals surface area contributed by atoms with E-state index in [1.165, 1.54) is 37.3 Å². The fourth-order valence-electron chi connectivity index (χ4n) is 1.61. The van der Waals surface area contributed by atoms with E-state index in [9.17, 15) is 14.0 Å². The van der Waals surface area contributed by atoms with Crippen molar-refractivity contribution in [2.75, 3.05) is 10.6 Å². The van der Waals surface area contributed by atoms with E-state index in [-0.39, 0.29) is 10.7 Å². The number of thiophene rings is 1. The van der Waals surface area contributed by atoms with Crippen molar-refractivity contribution in [3.05, 3.63) is 45.5 Å². The number of carbonyl (C=O) groups is 2. The molecule has 0 unspecified atom stereocenters. The van der Waals surface area contributed by atoms with Gasteiger partial charge in [0, 0.05) is 5.69 Å². The minimum Gasteiger partial charge on any atom is -0.325 e. The van der Waals surface area contributed by atoms with Crippen molar-refractivity contribution in [3.8, 4) is 0 Å². The molecule has 2 amide bonds. The Balaban J connectivity index is 2.09. The third kappa shape index (κ3) is 4.22. The van der Waals surface area contributed by atoms with Gasteiger partial charge in [0.05, 0.1) is 14.4 Å². The predicted molar refractivity (Wildman–Crippen MR) is 91.8 cm³/mol. The summed E-state index contributed by atoms with van der Waals surface area (Å²) in [5.41, 5.74) is -1.15. The molecule has 122 valence electrons. The molecule has 1 aromatic heterocycles. The molecule has 0 saturated heterocycles. The van der Waals surface area contributed by atoms with E-state index >= 15 is 0 Å². The predicted octanol–water partition coefficient (Wildman–Crippen LogP) is 4.80. The quantitative estimate of drug-likeness (QED) is 0.755. The minimum absolute atomic E-state index is 0.0467. The van der Waals surface area contributed by atoms with Gasteiger partial charge in [0.25, 0.3) is 0 Å². The van der Waals surface area contributed by atoms with Crippen molar-refractivity contribution in [2.24, 2.45) is 5.41 Å². The Hall–Kier alpha value is -1.63. The Bertz CT molecular complexity index is 762. The number of anilines is 2. The molecule has 0 fully saturated rings. The Morgan fingerprint density at radius 1 is 1.09 bits per heavy atom. The molecule has 0 bridgehead atoms. The molecule has 23 heavy (non-hydrogen) atoms. The Kier molecular flexibility index (Phi) is 5.29. The van der Waals surface area contributed by atoms with Crippen molar-refractivity contribution in [3.63, 3.8) is 0 Å². The van der Waals surface area contributed by atoms with Crippen LogP contribution in [0.2, 0.25) is 9.36 Å². The van der Waals surface area contributed by atoms with Crippen LogP contribution in [-0.4, -0.2) is 11.8 Å². The lowest BCUT2D eigenvalue weighted by atomic mass is 9.91. The molecular weight excluding hydrogens is 362 g/mol. The first-order chi connectivity index (χ1) is 10.7. The molecule has 0 aliphatic rings. The van der Waals surface area contributed by atoms with E-state index in [0.29, 0.717) is 9.34 Å². The van der Waals surface area contributed by atoms with E-state index in [1.807, 2.05) is 0 Å². The van der Waals surface area contributed by atoms with Gasteiger partial charge in [-0.2, -0.15) is 0 Å². The summed E-state index contributed by atoms with van der Waals surface area (Å²) in [7, 11) is 0. The number of rotatable bonds is 4. The molecule has 0 saturated carbocycles. The summed E-state index contributed by atoms with van der Waals surface area (Å²) in [4.78, 5) is 24.6. The lowest BCUT2D eigenvalue weighted by Crippen LogP contribution is -2.41. The smallest absolute Gasteiger partial charge is 0.240 e. The van der Waals surface area contributed by atoms with Gasteiger partial charge in [0.1, 0.15) is 11.2 Å². The second kappa shape index (κ2) is 6.86. The van der Waals surface area contributed by atoms with E-state index in [4.69, 9.17) is 23.2 Å². The monoisotopic (exact) mass is 374 g/mol. The number of amides is 2. The summed E-state index contributed by atoms with van der Waals surface area (Å²) in [6.45, 7) is 2.94. The van der Waals surface area contributed by atoms with Gasteiger partial charge in [-0.3, -0.25) is 9.59 Å². The molecule has 0 radical (unpaired) electrons. The first kappa shape index (κ1) is 17.7. The zero-order valence-corrected chi connectivity index (χ0v) is 14.6. The van der Waals surface area contributed by atoms with Crippen LogP contribution in [0.3, 0.4) is 0 Å². The molecule has 0 aliphatic heterocycles. The van der Waals surface area contributed by atoms with E-state index in [2.05, 4.69) is 10.6 Å². The van der Waals surface area contributed by atoms with Crippen molar-refractivity contribution in [1.82, 2.24) is 0 Å². The van der Waals surface area contributed by atoms with Crippen molar-refractivity contribution < 1.29 is 14.0 Å². The second-order valence-corrected chi connectivity index (χ2v) is 7.39. The molecule has 0 atom stereocenters. The van der Waals surface area contributed by atoms with Gasteiger partial charge in [0.2, 0.25) is 11.8 Å². The number of hydrogen-bond acceptors (Lipinski definition) is 3. The van der Waals surface area contributed by atoms with E-state index in [0.717, 1.165) is 6.07 Å². The van der Waals surface area contributed by atoms with Crippen LogP contribution in [0.1, 0.15) is 13.8 Å². The van der Waals surface area contributed by atoms with Gasteiger partial charge in [-0.25, -0.2) is 4.39 Å². The van der Waals surface area contributed by atoms with Crippen LogP contribution in [0.5, 0.6) is 0 Å². The average Bonchev–Trinajstić information content (AvgIpc) is 2.88. The maximum Gasteiger partial charge on any atom is 0.240 e. The maximum absolute atomic E-state index is 13.4. The Morgan fingerprint density at radius 3 is 2.30 bits per heavy atom. The molecule has 2 aromatic rings. The molecule has 1 aromatic carbocycles. The van der Waals surface area contributed by atoms with Crippen LogP contribution in [-0.2, 0) is 9.59 Å². The van der Waals surface area contributed by atoms with Crippen molar-refractivity contribution in [2.45, 2.75) is 13.8 Å². The van der Waals surface area contributed by atoms with Crippen LogP contribution in [0.25, 0.3) is 0 Å². The summed E-state index contributed by atoms with van der Waals surface area (Å²) in [6.07, 6.45) is 0. The summed E-state index contributed by atoms with van der Waals surface area (Å²) in [5.74, 6) is -1.72. The topological polar surface area (TPSA) is 58.2 Å². The molecule has 4 nitrogen and oxygen atoms in total. The zero-order valence-electron chi connectivity index (χ0n) is 12.2. The minimum atomic E-state index is -1.37. The van der Waals surface area contributed by atoms with Crippen LogP contribution in [0.4, 0.5) is 15.1 Å². The number of nitrogens with one attached hydrogen (secondary N) is 2. The fraction of sp³-hybridized carbons (Fsp3) is 0.200. The molecule has 1 heterocycles. The normalized spacial score (nSPS) is 11.2. The van der Waals surface area contributed by atoms with Gasteiger partial charge in [0.15, 0.2) is 0 Å². The molecule has 8 heteroatoms. The fourth-order valence-corrected chi connectivity index (χ4v) is 2.67. The molecular formula is C15H13Cl2FN2O2S. The molecule has 0 aliphatic carbocycles. The lowest BCUT2D eigenvalue weighted by Gasteiger charge is -2.22. The van der Waals surface area contributed by atoms with Gasteiger partial charge >= 0.3 is 0 Å². The van der Waals surface area contributed by atoms with E-state index < -0.39 is 23.0 Å². The van der Waals surface area contributed by atoms with Crippen LogP contribution in [0.15, 0.2) is 30.3 Å². The van der Waals surface area contributed by atoms with Crippen LogP contribution < -0.4 is 10.6 Å². The van der Waals surface area contributed by atoms with Crippen molar-refractivity contribution in [1.29, 1.82) is 0 Å². The van der Waals surface area contributed by atoms with E-state index in [1.54, 1.807) is 12.1 Å². The highest BCUT2D eigenvalue weighted by molar-refractivity contribution is 7.20. The summed E-state index contributed by atoms with van der Waals surface area (Å²) in [5, 5.41) is 5.62. The summed E-state index contributed by atoms with van der Waals surface area (Å²) < 4.78 is 13.9. The van der Waals surface area contributed by atoms with Gasteiger partial charge in [-0.15, -0.1) is 11.3 Å². The highest BCUT2D eigenvalue weighted by Gasteiger charge is 2.36. The molecule has 2 N–H and O–H groups in total. The Labute approximate surface area is 146 Å². The third-order valence-electron chi connectivity index (χ3n) is 3.12. The second-order valence-electron chi connectivity index (χ2n) is 5.27. The number of halogens is 3. The first-order valence-corrected chi connectivity index (χ1v) is 8.10. The van der Waals surface area contributed by atoms with Gasteiger partial charge < -0.3 is 10.6 Å². The lowest BCUT2D eigenvalue weighted by molar-refractivity contribution is -0.135. The number of carbonyl (C=O) groups excluding carboxylic acids is 2. The average molecular weight is 375 g/mol. The molecule has 2 rings (SSSR count). The number of hydrogen-bond donors (Lipinski definition) is 2.